The van der Waals surface area contributed by atoms with Gasteiger partial charge in [-0.05, 0) is 36.4 Å². The summed E-state index contributed by atoms with van der Waals surface area (Å²) in [4.78, 5) is 4.69. The van der Waals surface area contributed by atoms with E-state index in [4.69, 9.17) is 0 Å². The van der Waals surface area contributed by atoms with E-state index in [1.807, 2.05) is 23.2 Å². The van der Waals surface area contributed by atoms with Gasteiger partial charge in [0.25, 0.3) is 6.17 Å². The van der Waals surface area contributed by atoms with Gasteiger partial charge < -0.3 is 5.32 Å². The summed E-state index contributed by atoms with van der Waals surface area (Å²) in [6.45, 7) is 2.74. The van der Waals surface area contributed by atoms with E-state index in [-0.39, 0.29) is 6.17 Å². The molecule has 0 bridgehead atoms. The minimum atomic E-state index is -2.82. The van der Waals surface area contributed by atoms with Crippen LogP contribution in [0.1, 0.15) is 24.0 Å². The Hall–Kier alpha value is -2.28. The first-order valence-corrected chi connectivity index (χ1v) is 10.8. The van der Waals surface area contributed by atoms with E-state index >= 15 is 0 Å². The molecule has 1 aromatic carbocycles. The van der Waals surface area contributed by atoms with Crippen molar-refractivity contribution in [2.75, 3.05) is 18.1 Å². The Labute approximate surface area is 154 Å². The third-order valence-corrected chi connectivity index (χ3v) is 6.82. The van der Waals surface area contributed by atoms with Crippen LogP contribution in [0.2, 0.25) is 0 Å². The van der Waals surface area contributed by atoms with Gasteiger partial charge in [0, 0.05) is 12.6 Å². The maximum atomic E-state index is 11.5. The topological polar surface area (TPSA) is 73.9 Å². The first-order valence-electron chi connectivity index (χ1n) is 8.96. The average Bonchev–Trinajstić information content (AvgIpc) is 3.04. The van der Waals surface area contributed by atoms with Crippen LogP contribution >= 0.6 is 0 Å². The van der Waals surface area contributed by atoms with Gasteiger partial charge in [-0.1, -0.05) is 34.5 Å². The monoisotopic (exact) mass is 371 g/mol. The summed E-state index contributed by atoms with van der Waals surface area (Å²) in [6.07, 6.45) is 7.13. The largest absolute Gasteiger partial charge is 0.306 e. The molecule has 1 N–H and O–H groups in total. The van der Waals surface area contributed by atoms with E-state index in [0.29, 0.717) is 36.8 Å². The second-order valence-corrected chi connectivity index (χ2v) is 9.44. The smallest absolute Gasteiger partial charge is 0.286 e. The SMILES string of the molecule is Cc1cccc(C2=CN=[N+]3C=CC(=NCC4CCS(=O)(=O)CC4)NC23)c1. The lowest BCUT2D eigenvalue weighted by atomic mass is 10.0. The van der Waals surface area contributed by atoms with E-state index in [1.165, 1.54) is 5.56 Å². The maximum Gasteiger partial charge on any atom is 0.286 e. The fraction of sp³-hybridized carbons (Fsp3) is 0.421. The number of hydrogen-bond acceptors (Lipinski definition) is 4. The summed E-state index contributed by atoms with van der Waals surface area (Å²) in [6, 6.07) is 8.39. The summed E-state index contributed by atoms with van der Waals surface area (Å²) in [5.41, 5.74) is 3.49. The normalized spacial score (nSPS) is 26.2. The molecule has 3 heterocycles. The van der Waals surface area contributed by atoms with Crippen LogP contribution in [0.4, 0.5) is 0 Å². The van der Waals surface area contributed by atoms with Crippen LogP contribution < -0.4 is 5.32 Å². The zero-order chi connectivity index (χ0) is 18.1. The number of aliphatic imine (C=N–C) groups is 1. The van der Waals surface area contributed by atoms with Gasteiger partial charge in [0.2, 0.25) is 6.20 Å². The summed E-state index contributed by atoms with van der Waals surface area (Å²) in [5.74, 6) is 1.76. The quantitative estimate of drug-likeness (QED) is 0.830. The number of aryl methyl sites for hydroxylation is 1. The second kappa shape index (κ2) is 6.79. The first-order chi connectivity index (χ1) is 12.5. The Morgan fingerprint density at radius 1 is 1.31 bits per heavy atom. The number of fused-ring (bicyclic) bond motifs is 1. The number of azo groups is 2. The highest BCUT2D eigenvalue weighted by Crippen LogP contribution is 2.26. The molecule has 6 nitrogen and oxygen atoms in total. The molecule has 1 atom stereocenters. The fourth-order valence-electron chi connectivity index (χ4n) is 3.52. The molecule has 0 saturated carbocycles. The van der Waals surface area contributed by atoms with Crippen molar-refractivity contribution in [1.29, 1.82) is 0 Å². The van der Waals surface area contributed by atoms with Gasteiger partial charge >= 0.3 is 0 Å². The molecule has 0 radical (unpaired) electrons. The molecule has 3 aliphatic heterocycles. The van der Waals surface area contributed by atoms with Crippen LogP contribution in [-0.2, 0) is 9.84 Å². The Morgan fingerprint density at radius 2 is 2.12 bits per heavy atom. The van der Waals surface area contributed by atoms with Crippen molar-refractivity contribution in [3.63, 3.8) is 0 Å². The number of benzene rings is 1. The van der Waals surface area contributed by atoms with Crippen molar-refractivity contribution in [3.05, 3.63) is 53.9 Å². The van der Waals surface area contributed by atoms with Crippen LogP contribution in [0.25, 0.3) is 5.57 Å². The molecule has 1 saturated heterocycles. The molecule has 136 valence electrons. The van der Waals surface area contributed by atoms with E-state index < -0.39 is 9.84 Å². The van der Waals surface area contributed by atoms with E-state index in [9.17, 15) is 8.42 Å². The van der Waals surface area contributed by atoms with Crippen LogP contribution in [0.3, 0.4) is 0 Å². The molecule has 0 amide bonds. The first kappa shape index (κ1) is 17.1. The summed E-state index contributed by atoms with van der Waals surface area (Å²) < 4.78 is 25.0. The standard InChI is InChI=1S/C19H23N4O2S/c1-14-3-2-4-16(11-14)17-13-21-23-8-5-18(22-19(17)23)20-12-15-6-9-26(24,25)10-7-15/h2-5,8,11,13,15,19H,6-7,9-10,12H2,1H3,(H,20,22)/q+1. The number of amidine groups is 1. The van der Waals surface area contributed by atoms with Gasteiger partial charge in [-0.3, -0.25) is 4.99 Å². The lowest BCUT2D eigenvalue weighted by Crippen LogP contribution is -2.43. The second-order valence-electron chi connectivity index (χ2n) is 7.13. The molecule has 26 heavy (non-hydrogen) atoms. The molecule has 1 fully saturated rings. The van der Waals surface area contributed by atoms with Crippen molar-refractivity contribution in [1.82, 2.24) is 5.32 Å². The molecular weight excluding hydrogens is 348 g/mol. The minimum absolute atomic E-state index is 0.0488. The molecule has 0 spiro atoms. The number of sulfone groups is 1. The highest BCUT2D eigenvalue weighted by Gasteiger charge is 2.35. The summed E-state index contributed by atoms with van der Waals surface area (Å²) in [7, 11) is -2.82. The molecule has 4 rings (SSSR count). The Kier molecular flexibility index (Phi) is 4.48. The lowest BCUT2D eigenvalue weighted by Gasteiger charge is -2.21. The van der Waals surface area contributed by atoms with E-state index in [2.05, 4.69) is 46.6 Å². The number of rotatable bonds is 3. The third kappa shape index (κ3) is 3.62. The number of hydrogen-bond donors (Lipinski definition) is 1. The van der Waals surface area contributed by atoms with Crippen molar-refractivity contribution >= 4 is 21.2 Å². The lowest BCUT2D eigenvalue weighted by molar-refractivity contribution is -0.548. The number of nitrogens with zero attached hydrogens (tertiary/aromatic N) is 3. The van der Waals surface area contributed by atoms with Crippen LogP contribution in [-0.4, -0.2) is 43.2 Å². The predicted molar refractivity (Wildman–Crippen MR) is 102 cm³/mol. The Bertz CT molecular complexity index is 930. The summed E-state index contributed by atoms with van der Waals surface area (Å²) >= 11 is 0. The predicted octanol–water partition coefficient (Wildman–Crippen LogP) is 2.48. The zero-order valence-corrected chi connectivity index (χ0v) is 15.6. The van der Waals surface area contributed by atoms with Crippen molar-refractivity contribution in [3.8, 4) is 0 Å². The molecule has 1 unspecified atom stereocenters. The molecular formula is C19H23N4O2S+. The third-order valence-electron chi connectivity index (χ3n) is 5.10. The highest BCUT2D eigenvalue weighted by atomic mass is 32.2. The number of nitrogens with one attached hydrogen (secondary N) is 1. The summed E-state index contributed by atoms with van der Waals surface area (Å²) in [5, 5.41) is 7.89. The highest BCUT2D eigenvalue weighted by molar-refractivity contribution is 7.91. The van der Waals surface area contributed by atoms with Crippen LogP contribution in [0.15, 0.2) is 52.8 Å². The fourth-order valence-corrected chi connectivity index (χ4v) is 5.11. The van der Waals surface area contributed by atoms with E-state index in [0.717, 1.165) is 17.0 Å². The molecule has 1 aromatic rings. The molecule has 0 aromatic heterocycles. The van der Waals surface area contributed by atoms with E-state index in [1.54, 1.807) is 0 Å². The van der Waals surface area contributed by atoms with Crippen LogP contribution in [0.5, 0.6) is 0 Å². The maximum absolute atomic E-state index is 11.5. The average molecular weight is 371 g/mol. The molecule has 3 aliphatic rings. The van der Waals surface area contributed by atoms with Gasteiger partial charge in [0.1, 0.15) is 21.9 Å². The van der Waals surface area contributed by atoms with Crippen LogP contribution in [0, 0.1) is 12.8 Å². The minimum Gasteiger partial charge on any atom is -0.306 e. The Morgan fingerprint density at radius 3 is 2.88 bits per heavy atom. The van der Waals surface area contributed by atoms with Gasteiger partial charge in [-0.2, -0.15) is 0 Å². The molecule has 0 aliphatic carbocycles. The Balaban J connectivity index is 1.44. The van der Waals surface area contributed by atoms with Gasteiger partial charge in [0.15, 0.2) is 0 Å². The van der Waals surface area contributed by atoms with Crippen molar-refractivity contribution in [2.45, 2.75) is 25.9 Å². The molecule has 7 heteroatoms. The van der Waals surface area contributed by atoms with Gasteiger partial charge in [-0.25, -0.2) is 8.42 Å². The van der Waals surface area contributed by atoms with Crippen molar-refractivity contribution in [2.24, 2.45) is 16.0 Å². The zero-order valence-electron chi connectivity index (χ0n) is 14.8. The van der Waals surface area contributed by atoms with Gasteiger partial charge in [0.05, 0.1) is 17.1 Å². The van der Waals surface area contributed by atoms with Gasteiger partial charge in [-0.15, -0.1) is 0 Å². The van der Waals surface area contributed by atoms with Crippen molar-refractivity contribution < 1.29 is 13.1 Å².